The second-order valence-corrected chi connectivity index (χ2v) is 5.42. The summed E-state index contributed by atoms with van der Waals surface area (Å²) in [5.74, 6) is -0.914. The van der Waals surface area contributed by atoms with E-state index >= 15 is 0 Å². The van der Waals surface area contributed by atoms with Crippen molar-refractivity contribution in [3.63, 3.8) is 0 Å². The van der Waals surface area contributed by atoms with E-state index in [9.17, 15) is 9.59 Å². The summed E-state index contributed by atoms with van der Waals surface area (Å²) >= 11 is 0. The molecule has 0 bridgehead atoms. The number of amides is 1. The molecule has 0 spiro atoms. The summed E-state index contributed by atoms with van der Waals surface area (Å²) in [6, 6.07) is 7.39. The number of para-hydroxylation sites is 1. The minimum atomic E-state index is -0.891. The van der Waals surface area contributed by atoms with Gasteiger partial charge in [-0.05, 0) is 37.9 Å². The topological polar surface area (TPSA) is 69.6 Å². The van der Waals surface area contributed by atoms with Crippen LogP contribution in [0.25, 0.3) is 0 Å². The Morgan fingerprint density at radius 2 is 2.10 bits per heavy atom. The molecule has 1 aliphatic rings. The maximum Gasteiger partial charge on any atom is 0.305 e. The van der Waals surface area contributed by atoms with Gasteiger partial charge in [0.2, 0.25) is 5.91 Å². The molecule has 0 aromatic heterocycles. The van der Waals surface area contributed by atoms with Crippen molar-refractivity contribution in [3.8, 4) is 0 Å². The summed E-state index contributed by atoms with van der Waals surface area (Å²) in [7, 11) is 0. The number of carbonyl (C=O) groups excluding carboxylic acids is 1. The fourth-order valence-electron chi connectivity index (χ4n) is 2.67. The lowest BCUT2D eigenvalue weighted by Crippen LogP contribution is -2.49. The molecule has 1 aromatic carbocycles. The third-order valence-corrected chi connectivity index (χ3v) is 3.83. The zero-order chi connectivity index (χ0) is 15.2. The molecule has 1 heterocycles. The van der Waals surface area contributed by atoms with Gasteiger partial charge in [-0.3, -0.25) is 9.59 Å². The van der Waals surface area contributed by atoms with Gasteiger partial charge in [-0.25, -0.2) is 0 Å². The van der Waals surface area contributed by atoms with Gasteiger partial charge in [0.15, 0.2) is 0 Å². The summed E-state index contributed by atoms with van der Waals surface area (Å²) < 4.78 is 0. The first-order chi connectivity index (χ1) is 10.1. The van der Waals surface area contributed by atoms with Crippen LogP contribution >= 0.6 is 0 Å². The number of anilines is 1. The molecule has 5 heteroatoms. The summed E-state index contributed by atoms with van der Waals surface area (Å²) in [6.45, 7) is 2.98. The van der Waals surface area contributed by atoms with Gasteiger partial charge in [-0.15, -0.1) is 0 Å². The summed E-state index contributed by atoms with van der Waals surface area (Å²) in [5, 5.41) is 12.2. The van der Waals surface area contributed by atoms with Crippen molar-refractivity contribution in [3.05, 3.63) is 29.8 Å². The number of nitrogens with zero attached hydrogens (tertiary/aromatic N) is 1. The molecule has 5 nitrogen and oxygen atoms in total. The molecule has 1 aromatic rings. The van der Waals surface area contributed by atoms with Gasteiger partial charge in [0.05, 0.1) is 12.5 Å². The van der Waals surface area contributed by atoms with E-state index in [0.29, 0.717) is 0 Å². The van der Waals surface area contributed by atoms with Crippen molar-refractivity contribution >= 4 is 17.6 Å². The Morgan fingerprint density at radius 3 is 2.71 bits per heavy atom. The lowest BCUT2D eigenvalue weighted by atomic mass is 10.0. The Labute approximate surface area is 125 Å². The number of aliphatic carboxylic acids is 1. The maximum atomic E-state index is 12.7. The summed E-state index contributed by atoms with van der Waals surface area (Å²) in [5.41, 5.74) is 1.78. The van der Waals surface area contributed by atoms with Gasteiger partial charge in [0.25, 0.3) is 0 Å². The van der Waals surface area contributed by atoms with E-state index in [2.05, 4.69) is 5.32 Å². The van der Waals surface area contributed by atoms with Crippen LogP contribution in [0.1, 0.15) is 31.2 Å². The van der Waals surface area contributed by atoms with Gasteiger partial charge in [-0.1, -0.05) is 24.6 Å². The molecule has 1 saturated heterocycles. The van der Waals surface area contributed by atoms with Crippen molar-refractivity contribution in [1.29, 1.82) is 0 Å². The van der Waals surface area contributed by atoms with E-state index in [-0.39, 0.29) is 24.9 Å². The Morgan fingerprint density at radius 1 is 1.33 bits per heavy atom. The van der Waals surface area contributed by atoms with Crippen LogP contribution in [0.4, 0.5) is 5.69 Å². The van der Waals surface area contributed by atoms with Crippen LogP contribution in [-0.2, 0) is 9.59 Å². The number of benzene rings is 1. The number of carboxylic acids is 1. The first kappa shape index (κ1) is 15.5. The van der Waals surface area contributed by atoms with Crippen molar-refractivity contribution in [2.75, 3.05) is 18.0 Å². The SMILES string of the molecule is Cc1ccccc1N(CCC(=O)O)C(=O)[C@@H]1CCCCN1. The third kappa shape index (κ3) is 4.04. The lowest BCUT2D eigenvalue weighted by molar-refractivity contribution is -0.136. The summed E-state index contributed by atoms with van der Waals surface area (Å²) in [4.78, 5) is 25.2. The number of piperidine rings is 1. The number of aryl methyl sites for hydroxylation is 1. The molecular formula is C16H22N2O3. The van der Waals surface area contributed by atoms with E-state index in [1.54, 1.807) is 4.90 Å². The summed E-state index contributed by atoms with van der Waals surface area (Å²) in [6.07, 6.45) is 2.88. The van der Waals surface area contributed by atoms with E-state index in [0.717, 1.165) is 37.1 Å². The predicted octanol–water partition coefficient (Wildman–Crippen LogP) is 1.94. The van der Waals surface area contributed by atoms with Crippen LogP contribution in [-0.4, -0.2) is 36.1 Å². The van der Waals surface area contributed by atoms with Crippen LogP contribution < -0.4 is 10.2 Å². The van der Waals surface area contributed by atoms with Crippen LogP contribution in [0, 0.1) is 6.92 Å². The molecule has 2 N–H and O–H groups in total. The first-order valence-corrected chi connectivity index (χ1v) is 7.42. The van der Waals surface area contributed by atoms with Crippen LogP contribution in [0.3, 0.4) is 0 Å². The standard InChI is InChI=1S/C16H22N2O3/c1-12-6-2-3-8-14(12)18(11-9-15(19)20)16(21)13-7-4-5-10-17-13/h2-3,6,8,13,17H,4-5,7,9-11H2,1H3,(H,19,20)/t13-/m0/s1. The van der Waals surface area contributed by atoms with Gasteiger partial charge in [0, 0.05) is 12.2 Å². The third-order valence-electron chi connectivity index (χ3n) is 3.83. The molecule has 114 valence electrons. The number of nitrogens with one attached hydrogen (secondary N) is 1. The quantitative estimate of drug-likeness (QED) is 0.869. The Hall–Kier alpha value is -1.88. The van der Waals surface area contributed by atoms with Crippen molar-refractivity contribution in [1.82, 2.24) is 5.32 Å². The van der Waals surface area contributed by atoms with E-state index in [1.165, 1.54) is 0 Å². The Bertz CT molecular complexity index is 510. The van der Waals surface area contributed by atoms with Gasteiger partial charge < -0.3 is 15.3 Å². The number of hydrogen-bond donors (Lipinski definition) is 2. The molecule has 0 saturated carbocycles. The highest BCUT2D eigenvalue weighted by molar-refractivity contribution is 5.98. The largest absolute Gasteiger partial charge is 0.481 e. The fraction of sp³-hybridized carbons (Fsp3) is 0.500. The second kappa shape index (κ2) is 7.22. The van der Waals surface area contributed by atoms with Gasteiger partial charge in [0.1, 0.15) is 0 Å². The smallest absolute Gasteiger partial charge is 0.305 e. The highest BCUT2D eigenvalue weighted by atomic mass is 16.4. The number of rotatable bonds is 5. The molecule has 0 radical (unpaired) electrons. The van der Waals surface area contributed by atoms with Gasteiger partial charge >= 0.3 is 5.97 Å². The Kier molecular flexibility index (Phi) is 5.33. The van der Waals surface area contributed by atoms with E-state index in [4.69, 9.17) is 5.11 Å². The van der Waals surface area contributed by atoms with Crippen molar-refractivity contribution in [2.24, 2.45) is 0 Å². The van der Waals surface area contributed by atoms with Crippen molar-refractivity contribution in [2.45, 2.75) is 38.6 Å². The number of hydrogen-bond acceptors (Lipinski definition) is 3. The normalized spacial score (nSPS) is 18.2. The molecule has 0 unspecified atom stereocenters. The highest BCUT2D eigenvalue weighted by Gasteiger charge is 2.27. The molecule has 2 rings (SSSR count). The average Bonchev–Trinajstić information content (AvgIpc) is 2.49. The van der Waals surface area contributed by atoms with Gasteiger partial charge in [-0.2, -0.15) is 0 Å². The zero-order valence-electron chi connectivity index (χ0n) is 12.3. The van der Waals surface area contributed by atoms with E-state index in [1.807, 2.05) is 31.2 Å². The molecular weight excluding hydrogens is 268 g/mol. The van der Waals surface area contributed by atoms with Crippen LogP contribution in [0.5, 0.6) is 0 Å². The molecule has 0 aliphatic carbocycles. The number of carboxylic acid groups (broad SMARTS) is 1. The molecule has 1 aliphatic heterocycles. The van der Waals surface area contributed by atoms with E-state index < -0.39 is 5.97 Å². The molecule has 1 atom stereocenters. The second-order valence-electron chi connectivity index (χ2n) is 5.42. The highest BCUT2D eigenvalue weighted by Crippen LogP contribution is 2.22. The average molecular weight is 290 g/mol. The molecule has 1 fully saturated rings. The molecule has 1 amide bonds. The minimum absolute atomic E-state index is 0.0229. The predicted molar refractivity (Wildman–Crippen MR) is 81.4 cm³/mol. The van der Waals surface area contributed by atoms with Crippen molar-refractivity contribution < 1.29 is 14.7 Å². The fourth-order valence-corrected chi connectivity index (χ4v) is 2.67. The lowest BCUT2D eigenvalue weighted by Gasteiger charge is -2.30. The zero-order valence-corrected chi connectivity index (χ0v) is 12.3. The maximum absolute atomic E-state index is 12.7. The minimum Gasteiger partial charge on any atom is -0.481 e. The van der Waals surface area contributed by atoms with Crippen LogP contribution in [0.2, 0.25) is 0 Å². The molecule has 21 heavy (non-hydrogen) atoms. The monoisotopic (exact) mass is 290 g/mol. The van der Waals surface area contributed by atoms with Crippen LogP contribution in [0.15, 0.2) is 24.3 Å². The first-order valence-electron chi connectivity index (χ1n) is 7.42. The Balaban J connectivity index is 2.20. The number of carbonyl (C=O) groups is 2.